The molecule has 1 fully saturated rings. The molecule has 1 aliphatic heterocycles. The molecule has 0 N–H and O–H groups in total. The second kappa shape index (κ2) is 54.7. The van der Waals surface area contributed by atoms with Crippen molar-refractivity contribution in [1.29, 1.82) is 0 Å². The Balaban J connectivity index is -0.000000783. The molecule has 406 valence electrons. The van der Waals surface area contributed by atoms with Gasteiger partial charge in [-0.2, -0.15) is 94.1 Å². The van der Waals surface area contributed by atoms with Gasteiger partial charge in [-0.15, -0.1) is 0 Å². The second-order valence-electron chi connectivity index (χ2n) is 18.0. The topological polar surface area (TPSA) is 33.3 Å². The summed E-state index contributed by atoms with van der Waals surface area (Å²) in [6.07, 6.45) is 0. The fraction of sp³-hybridized carbons (Fsp3) is 0.870. The van der Waals surface area contributed by atoms with Crippen molar-refractivity contribution >= 4 is 99.9 Å². The highest BCUT2D eigenvalue weighted by Gasteiger charge is 2.12. The largest absolute Gasteiger partial charge is 0.303 e. The highest BCUT2D eigenvalue weighted by molar-refractivity contribution is 8.04. The highest BCUT2D eigenvalue weighted by atomic mass is 32.2. The van der Waals surface area contributed by atoms with Crippen LogP contribution in [-0.4, -0.2) is 212 Å². The normalized spacial score (nSPS) is 14.0. The molecule has 0 spiro atoms. The number of carbonyl (C=O) groups is 1. The van der Waals surface area contributed by atoms with E-state index in [9.17, 15) is 4.79 Å². The Labute approximate surface area is 460 Å². The van der Waals surface area contributed by atoms with Crippen molar-refractivity contribution in [3.05, 3.63) is 35.9 Å². The number of carbonyl (C=O) groups excluding carboxylic acids is 1. The molecule has 6 nitrogen and oxygen atoms in total. The van der Waals surface area contributed by atoms with Gasteiger partial charge in [0.15, 0.2) is 0 Å². The van der Waals surface area contributed by atoms with Gasteiger partial charge in [0.2, 0.25) is 0 Å². The maximum atomic E-state index is 10.9. The lowest BCUT2D eigenvalue weighted by Gasteiger charge is -2.26. The lowest BCUT2D eigenvalue weighted by molar-refractivity contribution is -0.118. The van der Waals surface area contributed by atoms with Crippen LogP contribution in [0.15, 0.2) is 30.3 Å². The molecular formula is C54H111N5OS8. The number of benzene rings is 1. The van der Waals surface area contributed by atoms with E-state index in [4.69, 9.17) is 0 Å². The molecule has 14 heteroatoms. The predicted molar refractivity (Wildman–Crippen MR) is 338 cm³/mol. The van der Waals surface area contributed by atoms with Crippen LogP contribution in [0.5, 0.6) is 0 Å². The Morgan fingerprint density at radius 3 is 1.21 bits per heavy atom. The van der Waals surface area contributed by atoms with Crippen LogP contribution < -0.4 is 0 Å². The molecule has 0 aliphatic carbocycles. The van der Waals surface area contributed by atoms with E-state index in [0.717, 1.165) is 24.6 Å². The number of nitrogens with zero attached hydrogens (tertiary/aromatic N) is 5. The Kier molecular flexibility index (Phi) is 59.4. The maximum Gasteiger partial charge on any atom is 0.143 e. The van der Waals surface area contributed by atoms with Crippen LogP contribution in [0.2, 0.25) is 0 Å². The molecule has 0 aromatic heterocycles. The van der Waals surface area contributed by atoms with E-state index in [2.05, 4.69) is 201 Å². The van der Waals surface area contributed by atoms with Gasteiger partial charge in [0.05, 0.1) is 6.54 Å². The van der Waals surface area contributed by atoms with Gasteiger partial charge in [0.25, 0.3) is 0 Å². The van der Waals surface area contributed by atoms with Gasteiger partial charge in [-0.3, -0.25) is 24.4 Å². The van der Waals surface area contributed by atoms with Crippen molar-refractivity contribution in [2.24, 2.45) is 0 Å². The number of rotatable bonds is 29. The fourth-order valence-electron chi connectivity index (χ4n) is 6.22. The fourth-order valence-corrected chi connectivity index (χ4v) is 12.8. The number of thioether (sulfide) groups is 8. The van der Waals surface area contributed by atoms with Crippen LogP contribution in [0, 0.1) is 0 Å². The molecule has 0 unspecified atom stereocenters. The molecule has 0 bridgehead atoms. The van der Waals surface area contributed by atoms with E-state index in [1.807, 2.05) is 58.8 Å². The molecule has 1 heterocycles. The summed E-state index contributed by atoms with van der Waals surface area (Å²) in [5, 5.41) is 0. The van der Waals surface area contributed by atoms with Gasteiger partial charge in [0, 0.05) is 146 Å². The molecule has 1 aliphatic rings. The lowest BCUT2D eigenvalue weighted by Crippen LogP contribution is -2.36. The van der Waals surface area contributed by atoms with Gasteiger partial charge >= 0.3 is 0 Å². The van der Waals surface area contributed by atoms with E-state index in [0.29, 0.717) is 36.8 Å². The molecule has 2 rings (SSSR count). The Hall–Kier alpha value is 1.49. The first-order valence-electron chi connectivity index (χ1n) is 26.3. The molecule has 1 aromatic carbocycles. The third-order valence-electron chi connectivity index (χ3n) is 10.9. The van der Waals surface area contributed by atoms with Gasteiger partial charge in [0.1, 0.15) is 5.78 Å². The predicted octanol–water partition coefficient (Wildman–Crippen LogP) is 13.9. The van der Waals surface area contributed by atoms with Gasteiger partial charge < -0.3 is 4.90 Å². The van der Waals surface area contributed by atoms with Crippen molar-refractivity contribution in [1.82, 2.24) is 24.5 Å². The summed E-state index contributed by atoms with van der Waals surface area (Å²) >= 11 is 16.4. The van der Waals surface area contributed by atoms with E-state index in [-0.39, 0.29) is 5.78 Å². The summed E-state index contributed by atoms with van der Waals surface area (Å²) in [4.78, 5) is 23.3. The van der Waals surface area contributed by atoms with Crippen LogP contribution >= 0.6 is 94.1 Å². The summed E-state index contributed by atoms with van der Waals surface area (Å²) in [5.74, 6) is 20.5. The first-order valence-corrected chi connectivity index (χ1v) is 35.6. The summed E-state index contributed by atoms with van der Waals surface area (Å²) < 4.78 is 0. The third-order valence-corrected chi connectivity index (χ3v) is 18.8. The van der Waals surface area contributed by atoms with Gasteiger partial charge in [-0.25, -0.2) is 0 Å². The molecule has 0 atom stereocenters. The number of hydrogen-bond donors (Lipinski definition) is 0. The molecule has 1 saturated heterocycles. The molecule has 0 radical (unpaired) electrons. The Bertz CT molecular complexity index is 1140. The monoisotopic (exact) mass is 1100 g/mol. The molecular weight excluding hydrogens is 991 g/mol. The van der Waals surface area contributed by atoms with Gasteiger partial charge in [-0.1, -0.05) is 65.0 Å². The maximum absolute atomic E-state index is 10.9. The van der Waals surface area contributed by atoms with Crippen LogP contribution in [0.3, 0.4) is 0 Å². The zero-order valence-corrected chi connectivity index (χ0v) is 53.9. The lowest BCUT2D eigenvalue weighted by atomic mass is 10.2. The molecule has 0 amide bonds. The minimum absolute atomic E-state index is 0.259. The van der Waals surface area contributed by atoms with Crippen LogP contribution in [-0.2, 0) is 11.3 Å². The number of hydrogen-bond acceptors (Lipinski definition) is 14. The number of Topliss-reactive ketones (excluding diaryl/α,β-unsaturated/α-hetero) is 1. The molecule has 68 heavy (non-hydrogen) atoms. The van der Waals surface area contributed by atoms with E-state index < -0.39 is 0 Å². The number of ketones is 1. The van der Waals surface area contributed by atoms with E-state index >= 15 is 0 Å². The Morgan fingerprint density at radius 2 is 0.868 bits per heavy atom. The minimum atomic E-state index is 0.259. The molecule has 0 saturated carbocycles. The summed E-state index contributed by atoms with van der Waals surface area (Å²) in [7, 11) is 2.18. The van der Waals surface area contributed by atoms with Crippen LogP contribution in [0.4, 0.5) is 0 Å². The van der Waals surface area contributed by atoms with E-state index in [1.54, 1.807) is 6.92 Å². The smallest absolute Gasteiger partial charge is 0.143 e. The average molecular weight is 1100 g/mol. The third kappa shape index (κ3) is 51.0. The van der Waals surface area contributed by atoms with Crippen molar-refractivity contribution in [3.63, 3.8) is 0 Å². The zero-order valence-electron chi connectivity index (χ0n) is 47.4. The van der Waals surface area contributed by atoms with Gasteiger partial charge in [-0.05, 0) is 118 Å². The standard InChI is InChI=1S/C14H23NS.C11H23NS3.C11H25NS2.C10H21NOS.C8H19NS/c1-4-16-11-10-15(13(2)3)12-14-8-6-5-7-9-14;1-11(2)12-3-5-13-7-9-15-10-8-14-6-4-12;1-5-13-9-7-12(11(3)4)8-10-14-6-2;1-5-13-7-6-11(9(2)3)8-10(4)12;1-5-10-7-6-9(4)8(2)3/h5-9,13H,4,10-12H2,1-3H3;11H,3-10H2,1-2H3;11H,5-10H2,1-4H3;9H,5-8H2,1-4H3;8H,5-7H2,1-4H3. The van der Waals surface area contributed by atoms with Crippen LogP contribution in [0.1, 0.15) is 116 Å². The highest BCUT2D eigenvalue weighted by Crippen LogP contribution is 2.14. The SMILES string of the molecule is CC(C)N1CCSCCSCCSCC1.CCSCCN(C)C(C)C.CCSCCN(CC(C)=O)C(C)C.CCSCCN(CCSCC)C(C)C.CCSCCN(Cc1ccccc1)C(C)C. The minimum Gasteiger partial charge on any atom is -0.303 e. The van der Waals surface area contributed by atoms with Crippen molar-refractivity contribution in [2.45, 2.75) is 148 Å². The first kappa shape index (κ1) is 73.7. The zero-order chi connectivity index (χ0) is 51.8. The van der Waals surface area contributed by atoms with Crippen molar-refractivity contribution < 1.29 is 4.79 Å². The summed E-state index contributed by atoms with van der Waals surface area (Å²) in [6, 6.07) is 13.9. The Morgan fingerprint density at radius 1 is 0.515 bits per heavy atom. The summed E-state index contributed by atoms with van der Waals surface area (Å²) in [6.45, 7) is 45.4. The average Bonchev–Trinajstić information content (AvgIpc) is 3.29. The second-order valence-corrected chi connectivity index (χ2v) is 28.6. The van der Waals surface area contributed by atoms with Crippen molar-refractivity contribution in [2.75, 3.05) is 151 Å². The van der Waals surface area contributed by atoms with E-state index in [1.165, 1.54) is 125 Å². The first-order chi connectivity index (χ1) is 32.5. The van der Waals surface area contributed by atoms with Crippen molar-refractivity contribution in [3.8, 4) is 0 Å². The quantitative estimate of drug-likeness (QED) is 0.0714. The molecule has 1 aromatic rings. The summed E-state index contributed by atoms with van der Waals surface area (Å²) in [5.41, 5.74) is 1.41. The van der Waals surface area contributed by atoms with Crippen LogP contribution in [0.25, 0.3) is 0 Å².